The number of aromatic hydroxyl groups is 1. The minimum Gasteiger partial charge on any atom is -0.508 e. The highest BCUT2D eigenvalue weighted by Gasteiger charge is 2.05. The molecule has 3 amide bonds. The van der Waals surface area contributed by atoms with Gasteiger partial charge >= 0.3 is 6.03 Å². The average Bonchev–Trinajstić information content (AvgIpc) is 2.47. The number of benzene rings is 1. The van der Waals surface area contributed by atoms with E-state index < -0.39 is 0 Å². The third-order valence-corrected chi connectivity index (χ3v) is 2.85. The molecule has 0 saturated heterocycles. The standard InChI is InChI=1S/C15H23N3O3/c1-2-3-8-17-15(21)18-10-5-9-16-14(20)12-6-4-7-13(19)11-12/h4,6-7,11,19H,2-3,5,8-10H2,1H3,(H,16,20)(H2,17,18,21). The zero-order valence-electron chi connectivity index (χ0n) is 12.3. The number of nitrogens with one attached hydrogen (secondary N) is 3. The molecule has 1 aromatic rings. The zero-order chi connectivity index (χ0) is 15.5. The van der Waals surface area contributed by atoms with E-state index in [1.807, 2.05) is 0 Å². The van der Waals surface area contributed by atoms with Gasteiger partial charge in [0, 0.05) is 25.2 Å². The van der Waals surface area contributed by atoms with Crippen LogP contribution in [0.2, 0.25) is 0 Å². The van der Waals surface area contributed by atoms with E-state index in [1.165, 1.54) is 12.1 Å². The highest BCUT2D eigenvalue weighted by atomic mass is 16.3. The zero-order valence-corrected chi connectivity index (χ0v) is 12.3. The highest BCUT2D eigenvalue weighted by molar-refractivity contribution is 5.94. The van der Waals surface area contributed by atoms with Gasteiger partial charge in [-0.25, -0.2) is 4.79 Å². The van der Waals surface area contributed by atoms with Crippen molar-refractivity contribution in [2.24, 2.45) is 0 Å². The van der Waals surface area contributed by atoms with Gasteiger partial charge in [-0.15, -0.1) is 0 Å². The highest BCUT2D eigenvalue weighted by Crippen LogP contribution is 2.10. The molecular formula is C15H23N3O3. The van der Waals surface area contributed by atoms with Gasteiger partial charge in [-0.05, 0) is 31.0 Å². The first-order valence-corrected chi connectivity index (χ1v) is 7.22. The summed E-state index contributed by atoms with van der Waals surface area (Å²) in [6.07, 6.45) is 2.65. The Morgan fingerprint density at radius 2 is 1.71 bits per heavy atom. The van der Waals surface area contributed by atoms with Crippen LogP contribution in [0.5, 0.6) is 5.75 Å². The Labute approximate surface area is 124 Å². The molecule has 0 bridgehead atoms. The summed E-state index contributed by atoms with van der Waals surface area (Å²) in [5.74, 6) is -0.175. The second-order valence-corrected chi connectivity index (χ2v) is 4.70. The largest absolute Gasteiger partial charge is 0.508 e. The van der Waals surface area contributed by atoms with Crippen LogP contribution < -0.4 is 16.0 Å². The summed E-state index contributed by atoms with van der Waals surface area (Å²) in [7, 11) is 0. The van der Waals surface area contributed by atoms with Gasteiger partial charge in [0.15, 0.2) is 0 Å². The number of hydrogen-bond acceptors (Lipinski definition) is 3. The molecule has 0 unspecified atom stereocenters. The van der Waals surface area contributed by atoms with E-state index in [1.54, 1.807) is 12.1 Å². The minimum atomic E-state index is -0.238. The molecule has 21 heavy (non-hydrogen) atoms. The second-order valence-electron chi connectivity index (χ2n) is 4.70. The molecule has 1 rings (SSSR count). The molecule has 0 radical (unpaired) electrons. The number of carbonyl (C=O) groups excluding carboxylic acids is 2. The average molecular weight is 293 g/mol. The SMILES string of the molecule is CCCCNC(=O)NCCCNC(=O)c1cccc(O)c1. The number of phenols is 1. The van der Waals surface area contributed by atoms with E-state index in [9.17, 15) is 14.7 Å². The van der Waals surface area contributed by atoms with Gasteiger partial charge in [-0.2, -0.15) is 0 Å². The Kier molecular flexibility index (Phi) is 7.71. The first-order chi connectivity index (χ1) is 10.1. The van der Waals surface area contributed by atoms with E-state index in [4.69, 9.17) is 0 Å². The first kappa shape index (κ1) is 16.8. The third kappa shape index (κ3) is 7.20. The molecule has 6 heteroatoms. The summed E-state index contributed by atoms with van der Waals surface area (Å²) in [6, 6.07) is 6.00. The smallest absolute Gasteiger partial charge is 0.314 e. The van der Waals surface area contributed by atoms with Gasteiger partial charge in [0.1, 0.15) is 5.75 Å². The number of unbranched alkanes of at least 4 members (excludes halogenated alkanes) is 1. The molecule has 0 spiro atoms. The van der Waals surface area contributed by atoms with Gasteiger partial charge < -0.3 is 21.1 Å². The minimum absolute atomic E-state index is 0.0630. The molecule has 0 atom stereocenters. The lowest BCUT2D eigenvalue weighted by Gasteiger charge is -2.08. The Hall–Kier alpha value is -2.24. The van der Waals surface area contributed by atoms with Crippen molar-refractivity contribution in [1.82, 2.24) is 16.0 Å². The van der Waals surface area contributed by atoms with Crippen molar-refractivity contribution in [2.75, 3.05) is 19.6 Å². The van der Waals surface area contributed by atoms with Crippen LogP contribution >= 0.6 is 0 Å². The molecular weight excluding hydrogens is 270 g/mol. The van der Waals surface area contributed by atoms with Crippen molar-refractivity contribution in [1.29, 1.82) is 0 Å². The van der Waals surface area contributed by atoms with Crippen LogP contribution in [0.15, 0.2) is 24.3 Å². The van der Waals surface area contributed by atoms with E-state index >= 15 is 0 Å². The molecule has 1 aromatic carbocycles. The first-order valence-electron chi connectivity index (χ1n) is 7.22. The fourth-order valence-electron chi connectivity index (χ4n) is 1.68. The van der Waals surface area contributed by atoms with Crippen molar-refractivity contribution >= 4 is 11.9 Å². The third-order valence-electron chi connectivity index (χ3n) is 2.85. The van der Waals surface area contributed by atoms with Crippen LogP contribution in [-0.4, -0.2) is 36.7 Å². The van der Waals surface area contributed by atoms with Crippen molar-refractivity contribution in [3.8, 4) is 5.75 Å². The van der Waals surface area contributed by atoms with E-state index in [0.29, 0.717) is 31.6 Å². The van der Waals surface area contributed by atoms with Crippen LogP contribution in [0.4, 0.5) is 4.79 Å². The van der Waals surface area contributed by atoms with Crippen LogP contribution in [0.1, 0.15) is 36.5 Å². The normalized spacial score (nSPS) is 9.95. The summed E-state index contributed by atoms with van der Waals surface area (Å²) in [5, 5.41) is 17.5. The maximum atomic E-state index is 11.7. The molecule has 0 saturated carbocycles. The van der Waals surface area contributed by atoms with Crippen LogP contribution in [-0.2, 0) is 0 Å². The van der Waals surface area contributed by atoms with Gasteiger partial charge in [-0.3, -0.25) is 4.79 Å². The number of carbonyl (C=O) groups is 2. The fraction of sp³-hybridized carbons (Fsp3) is 0.467. The molecule has 0 aromatic heterocycles. The summed E-state index contributed by atoms with van der Waals surface area (Å²) in [4.78, 5) is 23.1. The van der Waals surface area contributed by atoms with Gasteiger partial charge in [0.2, 0.25) is 0 Å². The van der Waals surface area contributed by atoms with E-state index in [0.717, 1.165) is 12.8 Å². The molecule has 0 heterocycles. The summed E-state index contributed by atoms with van der Waals surface area (Å²) in [5.41, 5.74) is 0.417. The van der Waals surface area contributed by atoms with E-state index in [2.05, 4.69) is 22.9 Å². The Bertz CT molecular complexity index is 463. The molecule has 6 nitrogen and oxygen atoms in total. The Morgan fingerprint density at radius 3 is 2.38 bits per heavy atom. The van der Waals surface area contributed by atoms with E-state index in [-0.39, 0.29) is 17.7 Å². The van der Waals surface area contributed by atoms with Crippen molar-refractivity contribution in [3.63, 3.8) is 0 Å². The second kappa shape index (κ2) is 9.63. The fourth-order valence-corrected chi connectivity index (χ4v) is 1.68. The monoisotopic (exact) mass is 293 g/mol. The van der Waals surface area contributed by atoms with Crippen LogP contribution in [0.25, 0.3) is 0 Å². The molecule has 0 aliphatic heterocycles. The number of hydrogen-bond donors (Lipinski definition) is 4. The predicted octanol–water partition coefficient (Wildman–Crippen LogP) is 1.61. The lowest BCUT2D eigenvalue weighted by molar-refractivity contribution is 0.0953. The summed E-state index contributed by atoms with van der Waals surface area (Å²) >= 11 is 0. The van der Waals surface area contributed by atoms with Gasteiger partial charge in [-0.1, -0.05) is 19.4 Å². The van der Waals surface area contributed by atoms with Gasteiger partial charge in [0.25, 0.3) is 5.91 Å². The summed E-state index contributed by atoms with van der Waals surface area (Å²) in [6.45, 7) is 3.70. The lowest BCUT2D eigenvalue weighted by atomic mass is 10.2. The molecule has 4 N–H and O–H groups in total. The summed E-state index contributed by atoms with van der Waals surface area (Å²) < 4.78 is 0. The number of phenolic OH excluding ortho intramolecular Hbond substituents is 1. The maximum absolute atomic E-state index is 11.7. The van der Waals surface area contributed by atoms with Crippen LogP contribution in [0, 0.1) is 0 Å². The van der Waals surface area contributed by atoms with Crippen LogP contribution in [0.3, 0.4) is 0 Å². The molecule has 0 aliphatic rings. The Balaban J connectivity index is 2.11. The quantitative estimate of drug-likeness (QED) is 0.549. The lowest BCUT2D eigenvalue weighted by Crippen LogP contribution is -2.37. The van der Waals surface area contributed by atoms with Crippen molar-refractivity contribution in [2.45, 2.75) is 26.2 Å². The number of rotatable bonds is 8. The molecule has 0 aliphatic carbocycles. The van der Waals surface area contributed by atoms with Crippen molar-refractivity contribution in [3.05, 3.63) is 29.8 Å². The topological polar surface area (TPSA) is 90.5 Å². The van der Waals surface area contributed by atoms with Crippen molar-refractivity contribution < 1.29 is 14.7 Å². The Morgan fingerprint density at radius 1 is 1.05 bits per heavy atom. The molecule has 0 fully saturated rings. The predicted molar refractivity (Wildman–Crippen MR) is 81.4 cm³/mol. The van der Waals surface area contributed by atoms with Gasteiger partial charge in [0.05, 0.1) is 0 Å². The molecule has 116 valence electrons. The number of amides is 3. The maximum Gasteiger partial charge on any atom is 0.314 e. The number of urea groups is 1.